The van der Waals surface area contributed by atoms with E-state index in [1.165, 1.54) is 0 Å². The molecular weight excluding hydrogens is 546 g/mol. The fourth-order valence-corrected chi connectivity index (χ4v) is 5.08. The Morgan fingerprint density at radius 2 is 1.10 bits per heavy atom. The number of carbonyl (C=O) groups is 2. The summed E-state index contributed by atoms with van der Waals surface area (Å²) in [5, 5.41) is 2.42. The van der Waals surface area contributed by atoms with Gasteiger partial charge in [-0.3, -0.25) is 4.79 Å². The van der Waals surface area contributed by atoms with Crippen LogP contribution in [0.1, 0.15) is 44.2 Å². The second-order valence-corrected chi connectivity index (χ2v) is 10.1. The van der Waals surface area contributed by atoms with Crippen molar-refractivity contribution in [2.75, 3.05) is 6.61 Å². The zero-order valence-electron chi connectivity index (χ0n) is 22.9. The Hall–Kier alpha value is -4.71. The van der Waals surface area contributed by atoms with Crippen molar-refractivity contribution in [2.24, 2.45) is 0 Å². The van der Waals surface area contributed by atoms with Crippen LogP contribution >= 0.6 is 11.6 Å². The number of nitrogens with one attached hydrogen (secondary N) is 1. The van der Waals surface area contributed by atoms with Gasteiger partial charge >= 0.3 is 6.09 Å². The number of hydrogen-bond donors (Lipinski definition) is 1. The molecule has 0 heterocycles. The molecular formula is C36H30ClNO4. The van der Waals surface area contributed by atoms with Gasteiger partial charge in [0.1, 0.15) is 12.2 Å². The molecule has 5 aromatic carbocycles. The number of ether oxygens (including phenoxy) is 2. The summed E-state index contributed by atoms with van der Waals surface area (Å²) in [5.74, 6) is 0. The monoisotopic (exact) mass is 575 g/mol. The van der Waals surface area contributed by atoms with Crippen LogP contribution in [0.4, 0.5) is 4.79 Å². The van der Waals surface area contributed by atoms with Crippen LogP contribution in [0.25, 0.3) is 0 Å². The van der Waals surface area contributed by atoms with Crippen LogP contribution in [0.15, 0.2) is 146 Å². The minimum Gasteiger partial charge on any atom is -0.445 e. The second-order valence-electron chi connectivity index (χ2n) is 9.74. The number of amides is 1. The van der Waals surface area contributed by atoms with Gasteiger partial charge in [-0.1, -0.05) is 133 Å². The molecule has 1 atom stereocenters. The predicted octanol–water partition coefficient (Wildman–Crippen LogP) is 8.04. The summed E-state index contributed by atoms with van der Waals surface area (Å²) in [6, 6.07) is 45.7. The molecule has 1 N–H and O–H groups in total. The molecule has 0 radical (unpaired) electrons. The molecule has 5 nitrogen and oxygen atoms in total. The topological polar surface area (TPSA) is 64.6 Å². The normalized spacial score (nSPS) is 11.8. The Bertz CT molecular complexity index is 1480. The van der Waals surface area contributed by atoms with Gasteiger partial charge in [0, 0.05) is 5.56 Å². The Morgan fingerprint density at radius 1 is 0.643 bits per heavy atom. The minimum atomic E-state index is -0.982. The van der Waals surface area contributed by atoms with Crippen molar-refractivity contribution in [3.63, 3.8) is 0 Å². The maximum absolute atomic E-state index is 13.0. The molecule has 0 aromatic heterocycles. The highest BCUT2D eigenvalue weighted by atomic mass is 35.5. The van der Waals surface area contributed by atoms with E-state index in [2.05, 4.69) is 5.32 Å². The van der Waals surface area contributed by atoms with Crippen LogP contribution in [0.3, 0.4) is 0 Å². The van der Waals surface area contributed by atoms with Crippen molar-refractivity contribution in [2.45, 2.75) is 18.2 Å². The molecule has 5 aromatic rings. The zero-order valence-corrected chi connectivity index (χ0v) is 23.6. The highest BCUT2D eigenvalue weighted by molar-refractivity contribution is 6.67. The first-order valence-corrected chi connectivity index (χ1v) is 14.0. The van der Waals surface area contributed by atoms with Crippen LogP contribution in [0.5, 0.6) is 0 Å². The molecule has 1 amide bonds. The van der Waals surface area contributed by atoms with E-state index in [0.29, 0.717) is 5.56 Å². The molecule has 0 bridgehead atoms. The molecule has 5 rings (SSSR count). The number of rotatable bonds is 11. The predicted molar refractivity (Wildman–Crippen MR) is 164 cm³/mol. The summed E-state index contributed by atoms with van der Waals surface area (Å²) in [7, 11) is 0. The molecule has 210 valence electrons. The van der Waals surface area contributed by atoms with Crippen molar-refractivity contribution in [3.8, 4) is 0 Å². The third-order valence-electron chi connectivity index (χ3n) is 7.05. The SMILES string of the molecule is O=C(NC(COC(c1ccccc1)(c1ccccc1)c1ccccc1)c1ccc(C(=O)Cl)cc1)OCc1ccccc1. The molecule has 0 fully saturated rings. The Balaban J connectivity index is 1.50. The van der Waals surface area contributed by atoms with Gasteiger partial charge in [-0.15, -0.1) is 0 Å². The number of alkyl carbamates (subject to hydrolysis) is 1. The van der Waals surface area contributed by atoms with Crippen molar-refractivity contribution in [3.05, 3.63) is 179 Å². The number of hydrogen-bond acceptors (Lipinski definition) is 4. The summed E-state index contributed by atoms with van der Waals surface area (Å²) in [5.41, 5.74) is 3.81. The second kappa shape index (κ2) is 13.8. The van der Waals surface area contributed by atoms with Gasteiger partial charge in [0.2, 0.25) is 0 Å². The van der Waals surface area contributed by atoms with E-state index in [-0.39, 0.29) is 13.2 Å². The fourth-order valence-electron chi connectivity index (χ4n) is 4.95. The first-order chi connectivity index (χ1) is 20.6. The zero-order chi connectivity index (χ0) is 29.2. The van der Waals surface area contributed by atoms with Crippen LogP contribution in [-0.4, -0.2) is 17.9 Å². The lowest BCUT2D eigenvalue weighted by Crippen LogP contribution is -2.38. The molecule has 0 saturated carbocycles. The van der Waals surface area contributed by atoms with Crippen LogP contribution in [0, 0.1) is 0 Å². The van der Waals surface area contributed by atoms with Gasteiger partial charge in [0.15, 0.2) is 0 Å². The number of carbonyl (C=O) groups excluding carboxylic acids is 2. The lowest BCUT2D eigenvalue weighted by molar-refractivity contribution is -0.000798. The highest BCUT2D eigenvalue weighted by Gasteiger charge is 2.38. The third-order valence-corrected chi connectivity index (χ3v) is 7.27. The summed E-state index contributed by atoms with van der Waals surface area (Å²) in [6.45, 7) is 0.217. The van der Waals surface area contributed by atoms with Gasteiger partial charge in [-0.25, -0.2) is 4.79 Å². The molecule has 1 unspecified atom stereocenters. The largest absolute Gasteiger partial charge is 0.445 e. The van der Waals surface area contributed by atoms with Crippen LogP contribution < -0.4 is 5.32 Å². The number of benzene rings is 5. The van der Waals surface area contributed by atoms with Crippen molar-refractivity contribution < 1.29 is 19.1 Å². The number of halogens is 1. The lowest BCUT2D eigenvalue weighted by Gasteiger charge is -2.37. The summed E-state index contributed by atoms with van der Waals surface area (Å²) in [6.07, 6.45) is -0.588. The maximum atomic E-state index is 13.0. The van der Waals surface area contributed by atoms with E-state index in [0.717, 1.165) is 27.8 Å². The Kier molecular flexibility index (Phi) is 9.44. The Morgan fingerprint density at radius 3 is 1.55 bits per heavy atom. The highest BCUT2D eigenvalue weighted by Crippen LogP contribution is 2.41. The van der Waals surface area contributed by atoms with Gasteiger partial charge in [0.05, 0.1) is 12.6 Å². The summed E-state index contributed by atoms with van der Waals surface area (Å²) >= 11 is 5.69. The van der Waals surface area contributed by atoms with E-state index in [4.69, 9.17) is 21.1 Å². The van der Waals surface area contributed by atoms with Gasteiger partial charge in [-0.2, -0.15) is 0 Å². The molecule has 0 aliphatic rings. The standard InChI is InChI=1S/C36H30ClNO4/c37-34(39)29-23-21-28(22-24-29)33(38-35(40)41-25-27-13-5-1-6-14-27)26-42-36(30-15-7-2-8-16-30,31-17-9-3-10-18-31)32-19-11-4-12-20-32/h1-24,33H,25-26H2,(H,38,40). The molecule has 0 saturated heterocycles. The van der Waals surface area contributed by atoms with E-state index < -0.39 is 23.0 Å². The molecule has 6 heteroatoms. The molecule has 42 heavy (non-hydrogen) atoms. The smallest absolute Gasteiger partial charge is 0.408 e. The van der Waals surface area contributed by atoms with E-state index in [9.17, 15) is 9.59 Å². The summed E-state index contributed by atoms with van der Waals surface area (Å²) < 4.78 is 12.5. The third kappa shape index (κ3) is 6.77. The fraction of sp³-hybridized carbons (Fsp3) is 0.111. The average Bonchev–Trinajstić information content (AvgIpc) is 3.05. The molecule has 0 spiro atoms. The van der Waals surface area contributed by atoms with Crippen LogP contribution in [0.2, 0.25) is 0 Å². The van der Waals surface area contributed by atoms with E-state index >= 15 is 0 Å². The van der Waals surface area contributed by atoms with Crippen molar-refractivity contribution >= 4 is 22.9 Å². The first-order valence-electron chi connectivity index (χ1n) is 13.6. The van der Waals surface area contributed by atoms with E-state index in [1.807, 2.05) is 121 Å². The average molecular weight is 576 g/mol. The Labute approximate surface area is 250 Å². The van der Waals surface area contributed by atoms with Crippen molar-refractivity contribution in [1.82, 2.24) is 5.32 Å². The quantitative estimate of drug-likeness (QED) is 0.128. The van der Waals surface area contributed by atoms with Gasteiger partial charge in [0.25, 0.3) is 5.24 Å². The molecule has 0 aliphatic carbocycles. The lowest BCUT2D eigenvalue weighted by atomic mass is 9.80. The first kappa shape index (κ1) is 28.8. The maximum Gasteiger partial charge on any atom is 0.408 e. The summed E-state index contributed by atoms with van der Waals surface area (Å²) in [4.78, 5) is 24.7. The van der Waals surface area contributed by atoms with Gasteiger partial charge in [-0.05, 0) is 51.6 Å². The minimum absolute atomic E-state index is 0.0906. The molecule has 0 aliphatic heterocycles. The van der Waals surface area contributed by atoms with Crippen molar-refractivity contribution in [1.29, 1.82) is 0 Å². The van der Waals surface area contributed by atoms with Gasteiger partial charge < -0.3 is 14.8 Å². The van der Waals surface area contributed by atoms with E-state index in [1.54, 1.807) is 24.3 Å². The van der Waals surface area contributed by atoms with Crippen LogP contribution in [-0.2, 0) is 21.7 Å².